The number of nitrogens with one attached hydrogen (secondary N) is 1. The molecule has 0 radical (unpaired) electrons. The Balaban J connectivity index is 2.09. The van der Waals surface area contributed by atoms with Gasteiger partial charge in [0.25, 0.3) is 5.91 Å². The lowest BCUT2D eigenvalue weighted by atomic mass is 10.1. The average Bonchev–Trinajstić information content (AvgIpc) is 2.95. The molecule has 2 heterocycles. The van der Waals surface area contributed by atoms with Crippen molar-refractivity contribution in [2.45, 2.75) is 45.7 Å². The SMILES string of the molecule is Cc1ncoc1C(=O)N(CC1CCCN1)C(C)C. The summed E-state index contributed by atoms with van der Waals surface area (Å²) in [4.78, 5) is 18.3. The van der Waals surface area contributed by atoms with E-state index >= 15 is 0 Å². The molecule has 0 aromatic carbocycles. The molecular formula is C13H21N3O2. The van der Waals surface area contributed by atoms with Gasteiger partial charge in [0.15, 0.2) is 6.39 Å². The van der Waals surface area contributed by atoms with Gasteiger partial charge in [-0.1, -0.05) is 0 Å². The second-order valence-electron chi connectivity index (χ2n) is 5.11. The van der Waals surface area contributed by atoms with Crippen molar-refractivity contribution in [1.29, 1.82) is 0 Å². The molecule has 1 N–H and O–H groups in total. The smallest absolute Gasteiger partial charge is 0.291 e. The molecule has 1 aliphatic heterocycles. The molecule has 0 bridgehead atoms. The highest BCUT2D eigenvalue weighted by Crippen LogP contribution is 2.15. The molecule has 5 nitrogen and oxygen atoms in total. The fourth-order valence-electron chi connectivity index (χ4n) is 2.32. The van der Waals surface area contributed by atoms with E-state index in [2.05, 4.69) is 10.3 Å². The zero-order chi connectivity index (χ0) is 13.1. The summed E-state index contributed by atoms with van der Waals surface area (Å²) in [5, 5.41) is 3.42. The van der Waals surface area contributed by atoms with Crippen LogP contribution in [-0.2, 0) is 0 Å². The number of carbonyl (C=O) groups is 1. The Morgan fingerprint density at radius 2 is 2.44 bits per heavy atom. The number of hydrogen-bond donors (Lipinski definition) is 1. The lowest BCUT2D eigenvalue weighted by molar-refractivity contribution is 0.0655. The number of nitrogens with zero attached hydrogens (tertiary/aromatic N) is 2. The van der Waals surface area contributed by atoms with Crippen LogP contribution in [0, 0.1) is 6.92 Å². The minimum Gasteiger partial charge on any atom is -0.438 e. The molecule has 1 unspecified atom stereocenters. The van der Waals surface area contributed by atoms with E-state index in [1.807, 2.05) is 18.7 Å². The molecule has 1 aromatic rings. The van der Waals surface area contributed by atoms with Crippen molar-refractivity contribution in [1.82, 2.24) is 15.2 Å². The van der Waals surface area contributed by atoms with Crippen LogP contribution < -0.4 is 5.32 Å². The van der Waals surface area contributed by atoms with Gasteiger partial charge in [-0.05, 0) is 40.2 Å². The molecule has 1 aliphatic rings. The van der Waals surface area contributed by atoms with Crippen LogP contribution in [0.3, 0.4) is 0 Å². The van der Waals surface area contributed by atoms with Crippen molar-refractivity contribution in [3.8, 4) is 0 Å². The van der Waals surface area contributed by atoms with Crippen molar-refractivity contribution in [3.05, 3.63) is 17.8 Å². The van der Waals surface area contributed by atoms with Gasteiger partial charge in [-0.2, -0.15) is 0 Å². The molecular weight excluding hydrogens is 230 g/mol. The van der Waals surface area contributed by atoms with Crippen molar-refractivity contribution in [2.75, 3.05) is 13.1 Å². The van der Waals surface area contributed by atoms with E-state index in [0.717, 1.165) is 19.5 Å². The van der Waals surface area contributed by atoms with E-state index in [1.54, 1.807) is 6.92 Å². The predicted octanol–water partition coefficient (Wildman–Crippen LogP) is 1.59. The molecule has 1 saturated heterocycles. The Hall–Kier alpha value is -1.36. The van der Waals surface area contributed by atoms with Gasteiger partial charge in [-0.25, -0.2) is 4.98 Å². The normalized spacial score (nSPS) is 19.4. The third kappa shape index (κ3) is 2.72. The molecule has 1 aromatic heterocycles. The summed E-state index contributed by atoms with van der Waals surface area (Å²) in [6.07, 6.45) is 3.65. The van der Waals surface area contributed by atoms with Gasteiger partial charge in [-0.3, -0.25) is 4.79 Å². The molecule has 0 aliphatic carbocycles. The van der Waals surface area contributed by atoms with Gasteiger partial charge in [0, 0.05) is 18.6 Å². The summed E-state index contributed by atoms with van der Waals surface area (Å²) in [5.41, 5.74) is 0.657. The largest absolute Gasteiger partial charge is 0.438 e. The summed E-state index contributed by atoms with van der Waals surface area (Å²) in [6, 6.07) is 0.559. The third-order valence-corrected chi connectivity index (χ3v) is 3.40. The Bertz CT molecular complexity index is 408. The highest BCUT2D eigenvalue weighted by atomic mass is 16.3. The Morgan fingerprint density at radius 3 is 2.94 bits per heavy atom. The Morgan fingerprint density at radius 1 is 1.67 bits per heavy atom. The van der Waals surface area contributed by atoms with Gasteiger partial charge in [0.05, 0.1) is 5.69 Å². The van der Waals surface area contributed by atoms with Crippen LogP contribution in [0.15, 0.2) is 10.8 Å². The molecule has 0 spiro atoms. The van der Waals surface area contributed by atoms with E-state index in [4.69, 9.17) is 4.42 Å². The first-order valence-electron chi connectivity index (χ1n) is 6.54. The zero-order valence-corrected chi connectivity index (χ0v) is 11.3. The van der Waals surface area contributed by atoms with Crippen molar-refractivity contribution >= 4 is 5.91 Å². The predicted molar refractivity (Wildman–Crippen MR) is 68.4 cm³/mol. The van der Waals surface area contributed by atoms with E-state index in [0.29, 0.717) is 17.5 Å². The molecule has 0 saturated carbocycles. The molecule has 18 heavy (non-hydrogen) atoms. The maximum Gasteiger partial charge on any atom is 0.291 e. The van der Waals surface area contributed by atoms with Gasteiger partial charge < -0.3 is 14.6 Å². The van der Waals surface area contributed by atoms with Crippen LogP contribution in [-0.4, -0.2) is 41.0 Å². The van der Waals surface area contributed by atoms with Gasteiger partial charge in [-0.15, -0.1) is 0 Å². The average molecular weight is 251 g/mol. The molecule has 1 amide bonds. The summed E-state index contributed by atoms with van der Waals surface area (Å²) in [5.74, 6) is 0.301. The number of carbonyl (C=O) groups excluding carboxylic acids is 1. The number of aryl methyl sites for hydroxylation is 1. The van der Waals surface area contributed by atoms with Gasteiger partial charge in [0.1, 0.15) is 0 Å². The van der Waals surface area contributed by atoms with Crippen molar-refractivity contribution in [2.24, 2.45) is 0 Å². The van der Waals surface area contributed by atoms with Crippen molar-refractivity contribution in [3.63, 3.8) is 0 Å². The summed E-state index contributed by atoms with van der Waals surface area (Å²) < 4.78 is 5.20. The maximum absolute atomic E-state index is 12.4. The lowest BCUT2D eigenvalue weighted by Gasteiger charge is -2.28. The highest BCUT2D eigenvalue weighted by Gasteiger charge is 2.27. The van der Waals surface area contributed by atoms with Crippen molar-refractivity contribution < 1.29 is 9.21 Å². The zero-order valence-electron chi connectivity index (χ0n) is 11.3. The van der Waals surface area contributed by atoms with E-state index in [-0.39, 0.29) is 11.9 Å². The van der Waals surface area contributed by atoms with Crippen LogP contribution in [0.2, 0.25) is 0 Å². The second-order valence-corrected chi connectivity index (χ2v) is 5.11. The monoisotopic (exact) mass is 251 g/mol. The number of oxazole rings is 1. The third-order valence-electron chi connectivity index (χ3n) is 3.40. The molecule has 5 heteroatoms. The van der Waals surface area contributed by atoms with E-state index in [9.17, 15) is 4.79 Å². The summed E-state index contributed by atoms with van der Waals surface area (Å²) >= 11 is 0. The van der Waals surface area contributed by atoms with E-state index in [1.165, 1.54) is 12.8 Å². The maximum atomic E-state index is 12.4. The Kier molecular flexibility index (Phi) is 4.01. The number of amides is 1. The fraction of sp³-hybridized carbons (Fsp3) is 0.692. The second kappa shape index (κ2) is 5.52. The first kappa shape index (κ1) is 13.1. The standard InChI is InChI=1S/C13H21N3O2/c1-9(2)16(7-11-5-4-6-14-11)13(17)12-10(3)15-8-18-12/h8-9,11,14H,4-7H2,1-3H3. The molecule has 1 atom stereocenters. The lowest BCUT2D eigenvalue weighted by Crippen LogP contribution is -2.44. The summed E-state index contributed by atoms with van der Waals surface area (Å²) in [7, 11) is 0. The number of rotatable bonds is 4. The van der Waals surface area contributed by atoms with Gasteiger partial charge >= 0.3 is 0 Å². The van der Waals surface area contributed by atoms with E-state index < -0.39 is 0 Å². The first-order valence-corrected chi connectivity index (χ1v) is 6.54. The topological polar surface area (TPSA) is 58.4 Å². The minimum atomic E-state index is -0.0614. The fourth-order valence-corrected chi connectivity index (χ4v) is 2.32. The van der Waals surface area contributed by atoms with Crippen LogP contribution in [0.1, 0.15) is 42.9 Å². The van der Waals surface area contributed by atoms with Crippen LogP contribution in [0.4, 0.5) is 0 Å². The quantitative estimate of drug-likeness (QED) is 0.882. The van der Waals surface area contributed by atoms with Crippen LogP contribution >= 0.6 is 0 Å². The first-order chi connectivity index (χ1) is 8.59. The van der Waals surface area contributed by atoms with Crippen LogP contribution in [0.5, 0.6) is 0 Å². The summed E-state index contributed by atoms with van der Waals surface area (Å²) in [6.45, 7) is 7.63. The van der Waals surface area contributed by atoms with Gasteiger partial charge in [0.2, 0.25) is 5.76 Å². The number of aromatic nitrogens is 1. The molecule has 1 fully saturated rings. The molecule has 100 valence electrons. The highest BCUT2D eigenvalue weighted by molar-refractivity contribution is 5.92. The minimum absolute atomic E-state index is 0.0614. The number of hydrogen-bond acceptors (Lipinski definition) is 4. The Labute approximate surface area is 108 Å². The van der Waals surface area contributed by atoms with Crippen LogP contribution in [0.25, 0.3) is 0 Å². The molecule has 2 rings (SSSR count).